The maximum absolute atomic E-state index is 15.6. The molecule has 2 N–H and O–H groups in total. The second-order valence-corrected chi connectivity index (χ2v) is 10.7. The summed E-state index contributed by atoms with van der Waals surface area (Å²) in [6.07, 6.45) is 3.36. The monoisotopic (exact) mass is 548 g/mol. The van der Waals surface area contributed by atoms with E-state index in [4.69, 9.17) is 4.74 Å². The van der Waals surface area contributed by atoms with Gasteiger partial charge in [0.15, 0.2) is 5.82 Å². The molecule has 11 nitrogen and oxygen atoms in total. The van der Waals surface area contributed by atoms with E-state index in [-0.39, 0.29) is 17.0 Å². The van der Waals surface area contributed by atoms with Gasteiger partial charge >= 0.3 is 5.69 Å². The first kappa shape index (κ1) is 26.3. The van der Waals surface area contributed by atoms with Crippen LogP contribution >= 0.6 is 0 Å². The fourth-order valence-electron chi connectivity index (χ4n) is 5.66. The number of aromatic nitrogens is 3. The normalized spacial score (nSPS) is 17.6. The van der Waals surface area contributed by atoms with Gasteiger partial charge in [0.1, 0.15) is 17.0 Å². The average Bonchev–Trinajstić information content (AvgIpc) is 3.70. The number of carbonyl (C=O) groups is 1. The molecule has 1 saturated carbocycles. The Kier molecular flexibility index (Phi) is 6.75. The molecule has 1 aromatic carbocycles. The molecule has 210 valence electrons. The summed E-state index contributed by atoms with van der Waals surface area (Å²) >= 11 is 0. The van der Waals surface area contributed by atoms with Crippen LogP contribution in [0.15, 0.2) is 28.0 Å². The Balaban J connectivity index is 1.14. The molecule has 6 rings (SSSR count). The summed E-state index contributed by atoms with van der Waals surface area (Å²) in [5.41, 5.74) is 2.67. The number of pyridine rings is 1. The molecule has 1 amide bonds. The number of aliphatic imine (C=N–C) groups is 1. The van der Waals surface area contributed by atoms with Gasteiger partial charge in [0.05, 0.1) is 40.9 Å². The number of hydrogen-bond donors (Lipinski definition) is 2. The summed E-state index contributed by atoms with van der Waals surface area (Å²) in [4.78, 5) is 42.6. The predicted molar refractivity (Wildman–Crippen MR) is 151 cm³/mol. The summed E-state index contributed by atoms with van der Waals surface area (Å²) in [6, 6.07) is 5.52. The van der Waals surface area contributed by atoms with E-state index in [1.54, 1.807) is 19.2 Å². The predicted octanol–water partition coefficient (Wildman–Crippen LogP) is 2.58. The quantitative estimate of drug-likeness (QED) is 0.441. The minimum absolute atomic E-state index is 0.0563. The number of piperazine rings is 1. The highest BCUT2D eigenvalue weighted by Gasteiger charge is 2.44. The number of rotatable bonds is 8. The summed E-state index contributed by atoms with van der Waals surface area (Å²) in [6.45, 7) is 7.98. The number of benzene rings is 1. The van der Waals surface area contributed by atoms with Crippen LogP contribution in [0.3, 0.4) is 0 Å². The summed E-state index contributed by atoms with van der Waals surface area (Å²) < 4.78 is 22.3. The van der Waals surface area contributed by atoms with Crippen molar-refractivity contribution in [1.82, 2.24) is 24.8 Å². The molecule has 0 atom stereocenters. The number of anilines is 2. The molecular weight excluding hydrogens is 515 g/mol. The number of hydrogen-bond acceptors (Lipinski definition) is 9. The van der Waals surface area contributed by atoms with Gasteiger partial charge in [0.25, 0.3) is 5.91 Å². The molecule has 0 bridgehead atoms. The maximum atomic E-state index is 15.6. The molecular formula is C28H33FN8O3. The Morgan fingerprint density at radius 2 is 1.98 bits per heavy atom. The van der Waals surface area contributed by atoms with Crippen LogP contribution in [0.4, 0.5) is 21.6 Å². The van der Waals surface area contributed by atoms with E-state index in [0.29, 0.717) is 47.8 Å². The third-order valence-corrected chi connectivity index (χ3v) is 8.01. The molecule has 0 spiro atoms. The van der Waals surface area contributed by atoms with E-state index in [1.165, 1.54) is 10.9 Å². The van der Waals surface area contributed by atoms with Gasteiger partial charge < -0.3 is 20.3 Å². The topological polar surface area (TPSA) is 117 Å². The Hall–Kier alpha value is -3.90. The Bertz CT molecular complexity index is 1570. The second-order valence-electron chi connectivity index (χ2n) is 10.7. The number of nitrogens with zero attached hydrogens (tertiary/aromatic N) is 6. The molecule has 2 aliphatic heterocycles. The molecule has 12 heteroatoms. The van der Waals surface area contributed by atoms with Crippen molar-refractivity contribution in [3.63, 3.8) is 0 Å². The highest BCUT2D eigenvalue weighted by atomic mass is 19.1. The van der Waals surface area contributed by atoms with Gasteiger partial charge in [-0.15, -0.1) is 0 Å². The van der Waals surface area contributed by atoms with Gasteiger partial charge in [-0.25, -0.2) is 19.2 Å². The van der Waals surface area contributed by atoms with Crippen LogP contribution < -0.4 is 21.2 Å². The zero-order valence-electron chi connectivity index (χ0n) is 23.0. The van der Waals surface area contributed by atoms with Crippen molar-refractivity contribution in [3.05, 3.63) is 51.5 Å². The summed E-state index contributed by atoms with van der Waals surface area (Å²) in [7, 11) is 1.64. The minimum Gasteiger partial charge on any atom is -0.382 e. The zero-order valence-corrected chi connectivity index (χ0v) is 23.0. The third kappa shape index (κ3) is 4.71. The number of methoxy groups -OCH3 is 1. The molecule has 1 saturated heterocycles. The number of ether oxygens (including phenoxy) is 1. The van der Waals surface area contributed by atoms with E-state index in [1.807, 2.05) is 19.9 Å². The first-order valence-corrected chi connectivity index (χ1v) is 13.6. The van der Waals surface area contributed by atoms with Crippen molar-refractivity contribution in [1.29, 1.82) is 0 Å². The fourth-order valence-corrected chi connectivity index (χ4v) is 5.66. The van der Waals surface area contributed by atoms with Crippen molar-refractivity contribution in [2.24, 2.45) is 4.99 Å². The highest BCUT2D eigenvalue weighted by molar-refractivity contribution is 6.06. The SMILES string of the molecule is CCn1c2c3c(cc(CN4CCN(c5ccc(C(=O)NC6(COC)CC6)nc5C)CC4)c(F)c3nc1=O)NC=N2. The van der Waals surface area contributed by atoms with Crippen molar-refractivity contribution >= 4 is 40.3 Å². The fraction of sp³-hybridized carbons (Fsp3) is 0.464. The summed E-state index contributed by atoms with van der Waals surface area (Å²) in [5, 5.41) is 6.69. The zero-order chi connectivity index (χ0) is 28.0. The van der Waals surface area contributed by atoms with Crippen LogP contribution in [0.2, 0.25) is 0 Å². The Labute approximate surface area is 231 Å². The molecule has 1 aliphatic carbocycles. The van der Waals surface area contributed by atoms with E-state index < -0.39 is 11.5 Å². The maximum Gasteiger partial charge on any atom is 0.349 e. The lowest BCUT2D eigenvalue weighted by Gasteiger charge is -2.36. The lowest BCUT2D eigenvalue weighted by atomic mass is 10.1. The van der Waals surface area contributed by atoms with Crippen LogP contribution in [0.5, 0.6) is 0 Å². The van der Waals surface area contributed by atoms with Gasteiger partial charge in [-0.05, 0) is 44.9 Å². The van der Waals surface area contributed by atoms with Crippen LogP contribution in [0.25, 0.3) is 10.9 Å². The third-order valence-electron chi connectivity index (χ3n) is 8.01. The second kappa shape index (κ2) is 10.3. The van der Waals surface area contributed by atoms with E-state index in [2.05, 4.69) is 35.4 Å². The van der Waals surface area contributed by atoms with E-state index in [0.717, 1.165) is 50.4 Å². The number of carbonyl (C=O) groups excluding carboxylic acids is 1. The molecule has 3 aliphatic rings. The largest absolute Gasteiger partial charge is 0.382 e. The first-order valence-electron chi connectivity index (χ1n) is 13.6. The van der Waals surface area contributed by atoms with Crippen LogP contribution in [-0.4, -0.2) is 77.1 Å². The van der Waals surface area contributed by atoms with Crippen LogP contribution in [0.1, 0.15) is 41.5 Å². The van der Waals surface area contributed by atoms with Crippen LogP contribution in [-0.2, 0) is 17.8 Å². The van der Waals surface area contributed by atoms with Gasteiger partial charge in [-0.3, -0.25) is 14.3 Å². The number of amides is 1. The molecule has 0 radical (unpaired) electrons. The van der Waals surface area contributed by atoms with Gasteiger partial charge in [-0.2, -0.15) is 4.98 Å². The standard InChI is InChI=1S/C28H33FN8O3/c1-4-37-25-22-20(30-16-31-25)13-18(23(29)24(22)33-27(37)39)14-35-9-11-36(12-10-35)21-6-5-19(32-17(21)2)26(38)34-28(7-8-28)15-40-3/h5-6,13,16H,4,7-12,14-15H2,1-3H3,(H,30,31)(H,34,38). The number of halogens is 1. The Morgan fingerprint density at radius 3 is 2.65 bits per heavy atom. The molecule has 2 fully saturated rings. The molecule has 2 aromatic heterocycles. The number of aryl methyl sites for hydroxylation is 1. The smallest absolute Gasteiger partial charge is 0.349 e. The lowest BCUT2D eigenvalue weighted by Crippen LogP contribution is -2.46. The Morgan fingerprint density at radius 1 is 1.20 bits per heavy atom. The average molecular weight is 549 g/mol. The molecule has 40 heavy (non-hydrogen) atoms. The summed E-state index contributed by atoms with van der Waals surface area (Å²) in [5.74, 6) is -0.227. The highest BCUT2D eigenvalue weighted by Crippen LogP contribution is 2.37. The van der Waals surface area contributed by atoms with Crippen molar-refractivity contribution < 1.29 is 13.9 Å². The van der Waals surface area contributed by atoms with Gasteiger partial charge in [-0.1, -0.05) is 0 Å². The van der Waals surface area contributed by atoms with Gasteiger partial charge in [0, 0.05) is 51.9 Å². The first-order chi connectivity index (χ1) is 19.3. The molecule has 0 unspecified atom stereocenters. The van der Waals surface area contributed by atoms with Crippen molar-refractivity contribution in [2.45, 2.75) is 45.3 Å². The van der Waals surface area contributed by atoms with E-state index in [9.17, 15) is 9.59 Å². The molecule has 3 aromatic rings. The van der Waals surface area contributed by atoms with E-state index >= 15 is 4.39 Å². The molecule has 4 heterocycles. The minimum atomic E-state index is -0.505. The van der Waals surface area contributed by atoms with Crippen molar-refractivity contribution in [3.8, 4) is 0 Å². The number of nitrogens with one attached hydrogen (secondary N) is 2. The lowest BCUT2D eigenvalue weighted by molar-refractivity contribution is 0.0876. The van der Waals surface area contributed by atoms with Crippen LogP contribution in [0, 0.1) is 12.7 Å². The van der Waals surface area contributed by atoms with Crippen molar-refractivity contribution in [2.75, 3.05) is 50.1 Å². The van der Waals surface area contributed by atoms with Gasteiger partial charge in [0.2, 0.25) is 0 Å².